The first-order chi connectivity index (χ1) is 11.7. The van der Waals surface area contributed by atoms with E-state index in [1.54, 1.807) is 0 Å². The summed E-state index contributed by atoms with van der Waals surface area (Å²) in [5.41, 5.74) is 5.59. The van der Waals surface area contributed by atoms with E-state index < -0.39 is 6.23 Å². The zero-order valence-electron chi connectivity index (χ0n) is 16.5. The van der Waals surface area contributed by atoms with Gasteiger partial charge >= 0.3 is 5.97 Å². The average Bonchev–Trinajstić information content (AvgIpc) is 2.58. The lowest BCUT2D eigenvalue weighted by Crippen LogP contribution is -2.25. The Balaban J connectivity index is 3.11. The van der Waals surface area contributed by atoms with E-state index in [1.165, 1.54) is 83.5 Å². The van der Waals surface area contributed by atoms with Crippen molar-refractivity contribution in [3.05, 3.63) is 0 Å². The van der Waals surface area contributed by atoms with Gasteiger partial charge in [-0.1, -0.05) is 104 Å². The summed E-state index contributed by atoms with van der Waals surface area (Å²) in [6.07, 6.45) is 20.9. The molecular weight excluding hydrogens is 298 g/mol. The van der Waals surface area contributed by atoms with E-state index in [1.807, 2.05) is 6.92 Å². The molecule has 0 heterocycles. The molecule has 0 aliphatic carbocycles. The smallest absolute Gasteiger partial charge is 0.307 e. The van der Waals surface area contributed by atoms with Crippen LogP contribution in [-0.4, -0.2) is 12.2 Å². The highest BCUT2D eigenvalue weighted by molar-refractivity contribution is 5.69. The summed E-state index contributed by atoms with van der Waals surface area (Å²) in [6.45, 7) is 4.20. The molecule has 0 rings (SSSR count). The van der Waals surface area contributed by atoms with Crippen LogP contribution in [0.25, 0.3) is 0 Å². The Morgan fingerprint density at radius 3 is 1.46 bits per heavy atom. The van der Waals surface area contributed by atoms with Crippen LogP contribution in [0.5, 0.6) is 0 Å². The fourth-order valence-electron chi connectivity index (χ4n) is 2.95. The fourth-order valence-corrected chi connectivity index (χ4v) is 2.95. The predicted molar refractivity (Wildman–Crippen MR) is 104 cm³/mol. The molecule has 3 heteroatoms. The molecule has 1 unspecified atom stereocenters. The summed E-state index contributed by atoms with van der Waals surface area (Å²) in [4.78, 5) is 11.4. The van der Waals surface area contributed by atoms with Gasteiger partial charge in [-0.3, -0.25) is 10.5 Å². The molecule has 3 nitrogen and oxygen atoms in total. The molecule has 0 bridgehead atoms. The van der Waals surface area contributed by atoms with Crippen LogP contribution < -0.4 is 5.73 Å². The fraction of sp³-hybridized carbons (Fsp3) is 0.952. The second kappa shape index (κ2) is 18.8. The van der Waals surface area contributed by atoms with Crippen LogP contribution in [0.2, 0.25) is 0 Å². The van der Waals surface area contributed by atoms with Gasteiger partial charge in [0.25, 0.3) is 0 Å². The first-order valence-electron chi connectivity index (χ1n) is 10.7. The van der Waals surface area contributed by atoms with Crippen molar-refractivity contribution in [2.75, 3.05) is 0 Å². The molecule has 0 saturated carbocycles. The van der Waals surface area contributed by atoms with E-state index in [0.29, 0.717) is 12.8 Å². The van der Waals surface area contributed by atoms with E-state index in [2.05, 4.69) is 6.92 Å². The SMILES string of the molecule is CCCCCCCCCCCCCCCCCC(=O)OC(N)CC. The standard InChI is InChI=1S/C21H43NO2/c1-3-5-6-7-8-9-10-11-12-13-14-15-16-17-18-19-21(23)24-20(22)4-2/h20H,3-19,22H2,1-2H3. The first kappa shape index (κ1) is 23.4. The molecular formula is C21H43NO2. The summed E-state index contributed by atoms with van der Waals surface area (Å²) >= 11 is 0. The number of carbonyl (C=O) groups is 1. The lowest BCUT2D eigenvalue weighted by Gasteiger charge is -2.10. The molecule has 0 aromatic carbocycles. The summed E-state index contributed by atoms with van der Waals surface area (Å²) in [7, 11) is 0. The van der Waals surface area contributed by atoms with Crippen LogP contribution in [0.3, 0.4) is 0 Å². The summed E-state index contributed by atoms with van der Waals surface area (Å²) in [5.74, 6) is -0.140. The maximum Gasteiger partial charge on any atom is 0.307 e. The molecule has 24 heavy (non-hydrogen) atoms. The van der Waals surface area contributed by atoms with Gasteiger partial charge in [-0.25, -0.2) is 0 Å². The van der Waals surface area contributed by atoms with Gasteiger partial charge in [0, 0.05) is 6.42 Å². The van der Waals surface area contributed by atoms with Crippen LogP contribution in [0, 0.1) is 0 Å². The molecule has 0 fully saturated rings. The lowest BCUT2D eigenvalue weighted by molar-refractivity contribution is -0.149. The van der Waals surface area contributed by atoms with Crippen LogP contribution in [0.15, 0.2) is 0 Å². The largest absolute Gasteiger partial charge is 0.447 e. The highest BCUT2D eigenvalue weighted by Gasteiger charge is 2.06. The molecule has 2 N–H and O–H groups in total. The van der Waals surface area contributed by atoms with Crippen molar-refractivity contribution >= 4 is 5.97 Å². The number of carbonyl (C=O) groups excluding carboxylic acids is 1. The molecule has 0 amide bonds. The summed E-state index contributed by atoms with van der Waals surface area (Å²) in [5, 5.41) is 0. The zero-order valence-corrected chi connectivity index (χ0v) is 16.5. The molecule has 0 aliphatic heterocycles. The lowest BCUT2D eigenvalue weighted by atomic mass is 10.0. The van der Waals surface area contributed by atoms with E-state index in [9.17, 15) is 4.79 Å². The van der Waals surface area contributed by atoms with Crippen LogP contribution >= 0.6 is 0 Å². The molecule has 144 valence electrons. The van der Waals surface area contributed by atoms with E-state index in [0.717, 1.165) is 12.8 Å². The van der Waals surface area contributed by atoms with Gasteiger partial charge in [-0.2, -0.15) is 0 Å². The number of rotatable bonds is 18. The first-order valence-corrected chi connectivity index (χ1v) is 10.7. The molecule has 0 radical (unpaired) electrons. The third kappa shape index (κ3) is 17.8. The van der Waals surface area contributed by atoms with Crippen LogP contribution in [0.1, 0.15) is 123 Å². The van der Waals surface area contributed by atoms with Crippen molar-refractivity contribution in [1.29, 1.82) is 0 Å². The second-order valence-electron chi connectivity index (χ2n) is 7.14. The molecule has 0 aromatic rings. The van der Waals surface area contributed by atoms with Gasteiger partial charge in [-0.15, -0.1) is 0 Å². The number of unbranched alkanes of at least 4 members (excludes halogenated alkanes) is 14. The van der Waals surface area contributed by atoms with Gasteiger partial charge in [0.05, 0.1) is 0 Å². The minimum Gasteiger partial charge on any atom is -0.447 e. The molecule has 0 saturated heterocycles. The maximum absolute atomic E-state index is 11.4. The normalized spacial score (nSPS) is 12.3. The molecule has 0 spiro atoms. The summed E-state index contributed by atoms with van der Waals surface area (Å²) < 4.78 is 5.06. The Hall–Kier alpha value is -0.570. The highest BCUT2D eigenvalue weighted by atomic mass is 16.6. The minimum atomic E-state index is -0.422. The van der Waals surface area contributed by atoms with E-state index >= 15 is 0 Å². The van der Waals surface area contributed by atoms with Gasteiger partial charge < -0.3 is 4.74 Å². The van der Waals surface area contributed by atoms with Crippen LogP contribution in [0.4, 0.5) is 0 Å². The third-order valence-corrected chi connectivity index (χ3v) is 4.67. The van der Waals surface area contributed by atoms with Crippen LogP contribution in [-0.2, 0) is 9.53 Å². The van der Waals surface area contributed by atoms with Gasteiger partial charge in [0.2, 0.25) is 0 Å². The van der Waals surface area contributed by atoms with Crippen molar-refractivity contribution in [3.8, 4) is 0 Å². The number of nitrogens with two attached hydrogens (primary N) is 1. The minimum absolute atomic E-state index is 0.140. The van der Waals surface area contributed by atoms with Crippen molar-refractivity contribution < 1.29 is 9.53 Å². The highest BCUT2D eigenvalue weighted by Crippen LogP contribution is 2.13. The quantitative estimate of drug-likeness (QED) is 0.176. The second-order valence-corrected chi connectivity index (χ2v) is 7.14. The molecule has 1 atom stereocenters. The molecule has 0 aliphatic rings. The van der Waals surface area contributed by atoms with Gasteiger partial charge in [0.1, 0.15) is 0 Å². The Morgan fingerprint density at radius 1 is 0.708 bits per heavy atom. The van der Waals surface area contributed by atoms with Crippen molar-refractivity contribution in [1.82, 2.24) is 0 Å². The number of hydrogen-bond donors (Lipinski definition) is 1. The Morgan fingerprint density at radius 2 is 1.08 bits per heavy atom. The zero-order chi connectivity index (χ0) is 17.9. The van der Waals surface area contributed by atoms with Crippen molar-refractivity contribution in [2.45, 2.75) is 129 Å². The van der Waals surface area contributed by atoms with Crippen molar-refractivity contribution in [2.24, 2.45) is 5.73 Å². The average molecular weight is 342 g/mol. The third-order valence-electron chi connectivity index (χ3n) is 4.67. The predicted octanol–water partition coefficient (Wildman–Crippen LogP) is 6.49. The van der Waals surface area contributed by atoms with Gasteiger partial charge in [-0.05, 0) is 12.8 Å². The number of esters is 1. The topological polar surface area (TPSA) is 52.3 Å². The van der Waals surface area contributed by atoms with Crippen molar-refractivity contribution in [3.63, 3.8) is 0 Å². The van der Waals surface area contributed by atoms with Gasteiger partial charge in [0.15, 0.2) is 6.23 Å². The Labute approximate surface area is 151 Å². The Kier molecular flexibility index (Phi) is 18.3. The number of hydrogen-bond acceptors (Lipinski definition) is 3. The monoisotopic (exact) mass is 341 g/mol. The maximum atomic E-state index is 11.4. The van der Waals surface area contributed by atoms with E-state index in [-0.39, 0.29) is 5.97 Å². The molecule has 0 aromatic heterocycles. The Bertz CT molecular complexity index is 269. The van der Waals surface area contributed by atoms with E-state index in [4.69, 9.17) is 10.5 Å². The summed E-state index contributed by atoms with van der Waals surface area (Å²) in [6, 6.07) is 0. The number of ether oxygens (including phenoxy) is 1.